The monoisotopic (exact) mass is 344 g/mol. The molecule has 0 aliphatic heterocycles. The molecule has 0 spiro atoms. The van der Waals surface area contributed by atoms with Gasteiger partial charge in [-0.3, -0.25) is 9.52 Å². The van der Waals surface area contributed by atoms with Crippen molar-refractivity contribution in [1.82, 2.24) is 0 Å². The summed E-state index contributed by atoms with van der Waals surface area (Å²) in [6.07, 6.45) is 1.29. The lowest BCUT2D eigenvalue weighted by atomic mass is 9.77. The van der Waals surface area contributed by atoms with Gasteiger partial charge in [0.25, 0.3) is 0 Å². The van der Waals surface area contributed by atoms with Crippen LogP contribution in [-0.4, -0.2) is 20.1 Å². The minimum atomic E-state index is -3.34. The molecule has 1 amide bonds. The van der Waals surface area contributed by atoms with Crippen LogP contribution in [0.1, 0.15) is 30.4 Å². The maximum atomic E-state index is 12.4. The van der Waals surface area contributed by atoms with Crippen LogP contribution in [-0.2, 0) is 21.2 Å². The SMILES string of the molecule is CCCS(=O)(=O)Nc1cccc(NC(=O)C2Cc3ccccc32)c1. The lowest BCUT2D eigenvalue weighted by Crippen LogP contribution is -2.30. The summed E-state index contributed by atoms with van der Waals surface area (Å²) < 4.78 is 26.2. The van der Waals surface area contributed by atoms with Crippen molar-refractivity contribution in [2.75, 3.05) is 15.8 Å². The Balaban J connectivity index is 1.68. The van der Waals surface area contributed by atoms with E-state index in [4.69, 9.17) is 0 Å². The van der Waals surface area contributed by atoms with E-state index < -0.39 is 10.0 Å². The fraction of sp³-hybridized carbons (Fsp3) is 0.278. The van der Waals surface area contributed by atoms with Gasteiger partial charge in [-0.2, -0.15) is 0 Å². The highest BCUT2D eigenvalue weighted by Gasteiger charge is 2.31. The number of sulfonamides is 1. The van der Waals surface area contributed by atoms with Crippen LogP contribution in [0.3, 0.4) is 0 Å². The maximum Gasteiger partial charge on any atom is 0.232 e. The van der Waals surface area contributed by atoms with Gasteiger partial charge in [0.1, 0.15) is 0 Å². The van der Waals surface area contributed by atoms with E-state index in [0.717, 1.165) is 12.0 Å². The Kier molecular flexibility index (Phi) is 4.57. The predicted octanol–water partition coefficient (Wildman–Crippen LogP) is 3.12. The number of carbonyl (C=O) groups excluding carboxylic acids is 1. The number of hydrogen-bond acceptors (Lipinski definition) is 3. The van der Waals surface area contributed by atoms with Crippen LogP contribution in [0.4, 0.5) is 11.4 Å². The lowest BCUT2D eigenvalue weighted by Gasteiger charge is -2.28. The Bertz CT molecular complexity index is 862. The first-order valence-electron chi connectivity index (χ1n) is 7.98. The van der Waals surface area contributed by atoms with E-state index in [-0.39, 0.29) is 17.6 Å². The minimum absolute atomic E-state index is 0.0673. The lowest BCUT2D eigenvalue weighted by molar-refractivity contribution is -0.118. The molecule has 1 aliphatic carbocycles. The fourth-order valence-electron chi connectivity index (χ4n) is 2.88. The van der Waals surface area contributed by atoms with Crippen molar-refractivity contribution in [1.29, 1.82) is 0 Å². The second kappa shape index (κ2) is 6.65. The number of carbonyl (C=O) groups is 1. The standard InChI is InChI=1S/C18H20N2O3S/c1-2-10-24(22,23)20-15-8-5-7-14(12-15)19-18(21)17-11-13-6-3-4-9-16(13)17/h3-9,12,17,20H,2,10-11H2,1H3,(H,19,21). The smallest absolute Gasteiger partial charge is 0.232 e. The molecule has 0 saturated heterocycles. The van der Waals surface area contributed by atoms with Gasteiger partial charge >= 0.3 is 0 Å². The zero-order chi connectivity index (χ0) is 17.2. The first kappa shape index (κ1) is 16.5. The van der Waals surface area contributed by atoms with Crippen molar-refractivity contribution >= 4 is 27.3 Å². The molecule has 0 bridgehead atoms. The second-order valence-electron chi connectivity index (χ2n) is 5.95. The minimum Gasteiger partial charge on any atom is -0.325 e. The fourth-order valence-corrected chi connectivity index (χ4v) is 4.01. The largest absolute Gasteiger partial charge is 0.325 e. The molecule has 5 nitrogen and oxygen atoms in total. The molecule has 24 heavy (non-hydrogen) atoms. The number of benzene rings is 2. The maximum absolute atomic E-state index is 12.4. The topological polar surface area (TPSA) is 75.3 Å². The summed E-state index contributed by atoms with van der Waals surface area (Å²) in [7, 11) is -3.34. The summed E-state index contributed by atoms with van der Waals surface area (Å²) >= 11 is 0. The molecule has 0 fully saturated rings. The van der Waals surface area contributed by atoms with Gasteiger partial charge in [0.15, 0.2) is 0 Å². The van der Waals surface area contributed by atoms with E-state index >= 15 is 0 Å². The van der Waals surface area contributed by atoms with Crippen LogP contribution in [0.15, 0.2) is 48.5 Å². The van der Waals surface area contributed by atoms with Crippen molar-refractivity contribution in [2.45, 2.75) is 25.7 Å². The van der Waals surface area contributed by atoms with Crippen LogP contribution < -0.4 is 10.0 Å². The Morgan fingerprint density at radius 1 is 1.12 bits per heavy atom. The van der Waals surface area contributed by atoms with Crippen LogP contribution in [0.5, 0.6) is 0 Å². The molecule has 126 valence electrons. The van der Waals surface area contributed by atoms with Crippen molar-refractivity contribution in [2.24, 2.45) is 0 Å². The van der Waals surface area contributed by atoms with Gasteiger partial charge in [-0.15, -0.1) is 0 Å². The van der Waals surface area contributed by atoms with Crippen LogP contribution in [0.25, 0.3) is 0 Å². The zero-order valence-electron chi connectivity index (χ0n) is 13.5. The van der Waals surface area contributed by atoms with Gasteiger partial charge in [0, 0.05) is 5.69 Å². The molecule has 0 aromatic heterocycles. The van der Waals surface area contributed by atoms with E-state index in [1.54, 1.807) is 24.3 Å². The zero-order valence-corrected chi connectivity index (χ0v) is 14.3. The Hall–Kier alpha value is -2.34. The highest BCUT2D eigenvalue weighted by Crippen LogP contribution is 2.35. The Morgan fingerprint density at radius 3 is 2.62 bits per heavy atom. The van der Waals surface area contributed by atoms with E-state index in [2.05, 4.69) is 10.0 Å². The molecule has 6 heteroatoms. The Labute approximate surface area is 142 Å². The van der Waals surface area contributed by atoms with Gasteiger partial charge in [0.2, 0.25) is 15.9 Å². The molecule has 0 saturated carbocycles. The van der Waals surface area contributed by atoms with E-state index in [1.807, 2.05) is 31.2 Å². The highest BCUT2D eigenvalue weighted by molar-refractivity contribution is 7.92. The number of hydrogen-bond donors (Lipinski definition) is 2. The Morgan fingerprint density at radius 2 is 1.88 bits per heavy atom. The van der Waals surface area contributed by atoms with Gasteiger partial charge < -0.3 is 5.32 Å². The molecule has 2 N–H and O–H groups in total. The van der Waals surface area contributed by atoms with Crippen molar-refractivity contribution in [3.63, 3.8) is 0 Å². The summed E-state index contributed by atoms with van der Waals surface area (Å²) in [6.45, 7) is 1.81. The van der Waals surface area contributed by atoms with Gasteiger partial charge in [0.05, 0.1) is 17.4 Å². The number of nitrogens with one attached hydrogen (secondary N) is 2. The molecule has 1 unspecified atom stereocenters. The van der Waals surface area contributed by atoms with E-state index in [1.165, 1.54) is 5.56 Å². The first-order valence-corrected chi connectivity index (χ1v) is 9.63. The normalized spacial score (nSPS) is 16.0. The summed E-state index contributed by atoms with van der Waals surface area (Å²) in [5, 5.41) is 2.87. The second-order valence-corrected chi connectivity index (χ2v) is 7.79. The average Bonchev–Trinajstić information content (AvgIpc) is 2.48. The number of amides is 1. The molecule has 1 aliphatic rings. The number of rotatable bonds is 6. The molecular weight excluding hydrogens is 324 g/mol. The quantitative estimate of drug-likeness (QED) is 0.845. The third-order valence-corrected chi connectivity index (χ3v) is 5.54. The predicted molar refractivity (Wildman–Crippen MR) is 95.7 cm³/mol. The van der Waals surface area contributed by atoms with E-state index in [9.17, 15) is 13.2 Å². The first-order chi connectivity index (χ1) is 11.5. The third kappa shape index (κ3) is 3.59. The summed E-state index contributed by atoms with van der Waals surface area (Å²) in [4.78, 5) is 12.4. The van der Waals surface area contributed by atoms with Crippen LogP contribution >= 0.6 is 0 Å². The van der Waals surface area contributed by atoms with Gasteiger partial charge in [-0.1, -0.05) is 37.3 Å². The molecule has 0 heterocycles. The average molecular weight is 344 g/mol. The molecule has 1 atom stereocenters. The van der Waals surface area contributed by atoms with Gasteiger partial charge in [-0.25, -0.2) is 8.42 Å². The van der Waals surface area contributed by atoms with Crippen LogP contribution in [0, 0.1) is 0 Å². The molecule has 3 rings (SSSR count). The summed E-state index contributed by atoms with van der Waals surface area (Å²) in [6, 6.07) is 14.7. The number of anilines is 2. The third-order valence-electron chi connectivity index (χ3n) is 4.05. The van der Waals surface area contributed by atoms with Crippen molar-refractivity contribution in [3.05, 3.63) is 59.7 Å². The van der Waals surface area contributed by atoms with Crippen molar-refractivity contribution < 1.29 is 13.2 Å². The molecular formula is C18H20N2O3S. The van der Waals surface area contributed by atoms with E-state index in [0.29, 0.717) is 17.8 Å². The van der Waals surface area contributed by atoms with Gasteiger partial charge in [-0.05, 0) is 42.2 Å². The van der Waals surface area contributed by atoms with Crippen LogP contribution in [0.2, 0.25) is 0 Å². The summed E-state index contributed by atoms with van der Waals surface area (Å²) in [5.74, 6) is -0.133. The molecule has 0 radical (unpaired) electrons. The molecule has 2 aromatic rings. The summed E-state index contributed by atoms with van der Waals surface area (Å²) in [5.41, 5.74) is 3.31. The highest BCUT2D eigenvalue weighted by atomic mass is 32.2. The van der Waals surface area contributed by atoms with Crippen molar-refractivity contribution in [3.8, 4) is 0 Å². The number of fused-ring (bicyclic) bond motifs is 1. The molecule has 2 aromatic carbocycles.